The molecule has 0 aromatic heterocycles. The van der Waals surface area contributed by atoms with Crippen LogP contribution in [0.25, 0.3) is 0 Å². The Kier molecular flexibility index (Phi) is 4.73. The average molecular weight is 285 g/mol. The molecule has 1 atom stereocenters. The van der Waals surface area contributed by atoms with E-state index in [2.05, 4.69) is 31.3 Å². The summed E-state index contributed by atoms with van der Waals surface area (Å²) in [6, 6.07) is 13.7. The monoisotopic (exact) mass is 285 g/mol. The van der Waals surface area contributed by atoms with E-state index in [-0.39, 0.29) is 17.8 Å². The second-order valence-electron chi connectivity index (χ2n) is 5.52. The van der Waals surface area contributed by atoms with E-state index in [1.807, 2.05) is 19.1 Å². The molecule has 0 saturated heterocycles. The number of halogens is 1. The normalized spacial score (nSPS) is 12.2. The first kappa shape index (κ1) is 15.2. The van der Waals surface area contributed by atoms with E-state index in [0.717, 1.165) is 5.56 Å². The summed E-state index contributed by atoms with van der Waals surface area (Å²) in [7, 11) is 0. The van der Waals surface area contributed by atoms with Crippen molar-refractivity contribution in [1.29, 1.82) is 0 Å². The molecule has 1 amide bonds. The van der Waals surface area contributed by atoms with Gasteiger partial charge in [-0.1, -0.05) is 38.1 Å². The molecule has 110 valence electrons. The topological polar surface area (TPSA) is 29.1 Å². The number of carbonyl (C=O) groups is 1. The molecular weight excluding hydrogens is 265 g/mol. The third-order valence-corrected chi connectivity index (χ3v) is 3.56. The summed E-state index contributed by atoms with van der Waals surface area (Å²) >= 11 is 0. The van der Waals surface area contributed by atoms with Gasteiger partial charge in [-0.25, -0.2) is 4.39 Å². The van der Waals surface area contributed by atoms with Crippen LogP contribution < -0.4 is 5.32 Å². The molecule has 0 heterocycles. The molecule has 0 aliphatic carbocycles. The van der Waals surface area contributed by atoms with Gasteiger partial charge in [-0.2, -0.15) is 0 Å². The van der Waals surface area contributed by atoms with Gasteiger partial charge in [0.15, 0.2) is 0 Å². The van der Waals surface area contributed by atoms with Gasteiger partial charge < -0.3 is 5.32 Å². The summed E-state index contributed by atoms with van der Waals surface area (Å²) in [4.78, 5) is 12.1. The fourth-order valence-electron chi connectivity index (χ4n) is 2.13. The zero-order valence-corrected chi connectivity index (χ0v) is 12.6. The minimum atomic E-state index is -0.344. The van der Waals surface area contributed by atoms with Crippen molar-refractivity contribution in [2.24, 2.45) is 0 Å². The number of nitrogens with one attached hydrogen (secondary N) is 1. The molecule has 2 aromatic rings. The van der Waals surface area contributed by atoms with E-state index in [1.54, 1.807) is 0 Å². The summed E-state index contributed by atoms with van der Waals surface area (Å²) in [5.74, 6) is -0.0533. The molecular formula is C18H20FNO. The number of benzene rings is 2. The van der Waals surface area contributed by atoms with Crippen molar-refractivity contribution >= 4 is 5.91 Å². The van der Waals surface area contributed by atoms with Gasteiger partial charge >= 0.3 is 0 Å². The molecule has 0 saturated carbocycles. The molecule has 0 spiro atoms. The van der Waals surface area contributed by atoms with Crippen molar-refractivity contribution in [1.82, 2.24) is 5.32 Å². The van der Waals surface area contributed by atoms with Gasteiger partial charge in [-0.15, -0.1) is 0 Å². The molecule has 2 nitrogen and oxygen atoms in total. The van der Waals surface area contributed by atoms with Crippen molar-refractivity contribution in [3.8, 4) is 0 Å². The molecule has 2 rings (SSSR count). The lowest BCUT2D eigenvalue weighted by Crippen LogP contribution is -2.26. The van der Waals surface area contributed by atoms with E-state index in [0.29, 0.717) is 11.5 Å². The first-order chi connectivity index (χ1) is 9.97. The fraction of sp³-hybridized carbons (Fsp3) is 0.278. The summed E-state index contributed by atoms with van der Waals surface area (Å²) in [6.07, 6.45) is 0. The van der Waals surface area contributed by atoms with Crippen LogP contribution in [0.2, 0.25) is 0 Å². The van der Waals surface area contributed by atoms with Crippen molar-refractivity contribution in [2.75, 3.05) is 0 Å². The zero-order chi connectivity index (χ0) is 15.4. The number of hydrogen-bond donors (Lipinski definition) is 1. The Morgan fingerprint density at radius 2 is 1.43 bits per heavy atom. The molecule has 0 radical (unpaired) electrons. The van der Waals surface area contributed by atoms with Crippen LogP contribution in [0.4, 0.5) is 4.39 Å². The van der Waals surface area contributed by atoms with Crippen LogP contribution >= 0.6 is 0 Å². The van der Waals surface area contributed by atoms with Gasteiger partial charge in [0.2, 0.25) is 0 Å². The Morgan fingerprint density at radius 3 is 1.95 bits per heavy atom. The Morgan fingerprint density at radius 1 is 0.905 bits per heavy atom. The summed E-state index contributed by atoms with van der Waals surface area (Å²) < 4.78 is 12.8. The maximum absolute atomic E-state index is 12.8. The lowest BCUT2D eigenvalue weighted by atomic mass is 9.99. The number of amides is 1. The van der Waals surface area contributed by atoms with Crippen LogP contribution in [-0.4, -0.2) is 5.91 Å². The predicted molar refractivity (Wildman–Crippen MR) is 82.8 cm³/mol. The number of carbonyl (C=O) groups excluding carboxylic acids is 1. The molecule has 1 N–H and O–H groups in total. The highest BCUT2D eigenvalue weighted by Crippen LogP contribution is 2.19. The first-order valence-corrected chi connectivity index (χ1v) is 7.13. The second-order valence-corrected chi connectivity index (χ2v) is 5.52. The summed E-state index contributed by atoms with van der Waals surface area (Å²) in [5, 5.41) is 2.92. The SMILES string of the molecule is CC(C)c1ccc([C@@H](C)NC(=O)c2ccc(F)cc2)cc1. The molecule has 0 aliphatic rings. The Labute approximate surface area is 125 Å². The lowest BCUT2D eigenvalue weighted by molar-refractivity contribution is 0.0940. The zero-order valence-electron chi connectivity index (χ0n) is 12.6. The van der Waals surface area contributed by atoms with Gasteiger partial charge in [0.25, 0.3) is 5.91 Å². The van der Waals surface area contributed by atoms with Crippen LogP contribution in [0.3, 0.4) is 0 Å². The minimum Gasteiger partial charge on any atom is -0.346 e. The Bertz CT molecular complexity index is 602. The van der Waals surface area contributed by atoms with Crippen molar-refractivity contribution < 1.29 is 9.18 Å². The van der Waals surface area contributed by atoms with Crippen LogP contribution in [0, 0.1) is 5.82 Å². The molecule has 0 fully saturated rings. The third-order valence-electron chi connectivity index (χ3n) is 3.56. The summed E-state index contributed by atoms with van der Waals surface area (Å²) in [6.45, 7) is 6.23. The van der Waals surface area contributed by atoms with E-state index < -0.39 is 0 Å². The second kappa shape index (κ2) is 6.53. The highest BCUT2D eigenvalue weighted by Gasteiger charge is 2.11. The fourth-order valence-corrected chi connectivity index (χ4v) is 2.13. The van der Waals surface area contributed by atoms with Crippen LogP contribution in [0.1, 0.15) is 54.2 Å². The summed E-state index contributed by atoms with van der Waals surface area (Å²) in [5.41, 5.74) is 2.78. The molecule has 21 heavy (non-hydrogen) atoms. The predicted octanol–water partition coefficient (Wildman–Crippen LogP) is 4.44. The molecule has 3 heteroatoms. The van der Waals surface area contributed by atoms with Crippen molar-refractivity contribution in [3.05, 3.63) is 71.0 Å². The van der Waals surface area contributed by atoms with E-state index in [1.165, 1.54) is 29.8 Å². The maximum atomic E-state index is 12.8. The highest BCUT2D eigenvalue weighted by molar-refractivity contribution is 5.94. The standard InChI is InChI=1S/C18H20FNO/c1-12(2)14-4-6-15(7-5-14)13(3)20-18(21)16-8-10-17(19)11-9-16/h4-13H,1-3H3,(H,20,21)/t13-/m1/s1. The van der Waals surface area contributed by atoms with Gasteiger partial charge in [0.05, 0.1) is 6.04 Å². The van der Waals surface area contributed by atoms with Gasteiger partial charge in [0, 0.05) is 5.56 Å². The maximum Gasteiger partial charge on any atom is 0.251 e. The van der Waals surface area contributed by atoms with E-state index in [4.69, 9.17) is 0 Å². The van der Waals surface area contributed by atoms with Crippen LogP contribution in [0.5, 0.6) is 0 Å². The quantitative estimate of drug-likeness (QED) is 0.884. The van der Waals surface area contributed by atoms with E-state index >= 15 is 0 Å². The largest absolute Gasteiger partial charge is 0.346 e. The lowest BCUT2D eigenvalue weighted by Gasteiger charge is -2.15. The molecule has 0 unspecified atom stereocenters. The van der Waals surface area contributed by atoms with Crippen LogP contribution in [-0.2, 0) is 0 Å². The third kappa shape index (κ3) is 3.91. The Hall–Kier alpha value is -2.16. The van der Waals surface area contributed by atoms with Crippen LogP contribution in [0.15, 0.2) is 48.5 Å². The first-order valence-electron chi connectivity index (χ1n) is 7.13. The van der Waals surface area contributed by atoms with Gasteiger partial charge in [-0.05, 0) is 48.2 Å². The number of hydrogen-bond acceptors (Lipinski definition) is 1. The highest BCUT2D eigenvalue weighted by atomic mass is 19.1. The van der Waals surface area contributed by atoms with Gasteiger partial charge in [-0.3, -0.25) is 4.79 Å². The Balaban J connectivity index is 2.05. The van der Waals surface area contributed by atoms with Gasteiger partial charge in [0.1, 0.15) is 5.82 Å². The van der Waals surface area contributed by atoms with E-state index in [9.17, 15) is 9.18 Å². The average Bonchev–Trinajstić information content (AvgIpc) is 2.47. The van der Waals surface area contributed by atoms with Crippen molar-refractivity contribution in [3.63, 3.8) is 0 Å². The number of rotatable bonds is 4. The minimum absolute atomic E-state index is 0.0937. The smallest absolute Gasteiger partial charge is 0.251 e. The molecule has 2 aromatic carbocycles. The molecule has 0 aliphatic heterocycles. The molecule has 0 bridgehead atoms. The van der Waals surface area contributed by atoms with Crippen molar-refractivity contribution in [2.45, 2.75) is 32.7 Å².